The second-order valence-corrected chi connectivity index (χ2v) is 11.4. The molecule has 0 unspecified atom stereocenters. The predicted octanol–water partition coefficient (Wildman–Crippen LogP) is 7.58. The van der Waals surface area contributed by atoms with Crippen molar-refractivity contribution >= 4 is 55.6 Å². The van der Waals surface area contributed by atoms with E-state index in [-0.39, 0.29) is 11.5 Å². The Hall–Kier alpha value is -2.52. The molecule has 0 spiro atoms. The van der Waals surface area contributed by atoms with Gasteiger partial charge in [-0.2, -0.15) is 9.78 Å². The van der Waals surface area contributed by atoms with Gasteiger partial charge < -0.3 is 4.74 Å². The highest BCUT2D eigenvalue weighted by atomic mass is 127. The van der Waals surface area contributed by atoms with Crippen LogP contribution in [0.2, 0.25) is 0 Å². The quantitative estimate of drug-likeness (QED) is 0.159. The van der Waals surface area contributed by atoms with Gasteiger partial charge in [-0.25, -0.2) is 4.98 Å². The first-order valence-corrected chi connectivity index (χ1v) is 14.1. The Kier molecular flexibility index (Phi) is 7.86. The van der Waals surface area contributed by atoms with Gasteiger partial charge in [0.2, 0.25) is 0 Å². The zero-order valence-corrected chi connectivity index (χ0v) is 23.8. The van der Waals surface area contributed by atoms with E-state index in [1.165, 1.54) is 16.7 Å². The van der Waals surface area contributed by atoms with Crippen molar-refractivity contribution in [3.8, 4) is 5.75 Å². The van der Waals surface area contributed by atoms with Crippen LogP contribution in [-0.2, 0) is 6.61 Å². The van der Waals surface area contributed by atoms with Crippen molar-refractivity contribution in [3.05, 3.63) is 102 Å². The maximum atomic E-state index is 13.5. The van der Waals surface area contributed by atoms with Crippen molar-refractivity contribution < 1.29 is 4.74 Å². The molecule has 7 heteroatoms. The Labute approximate surface area is 232 Å². The molecule has 1 heterocycles. The molecule has 0 amide bonds. The number of rotatable bonds is 6. The maximum absolute atomic E-state index is 13.5. The SMILES string of the molecule is Cc1cccc(COc2ccc(C=Nn3c(C4CCCCC4)nc4ccc(Br)cc4c3=O)cc2I)c1. The van der Waals surface area contributed by atoms with Crippen LogP contribution in [0.3, 0.4) is 0 Å². The summed E-state index contributed by atoms with van der Waals surface area (Å²) in [5, 5.41) is 5.23. The van der Waals surface area contributed by atoms with E-state index in [1.807, 2.05) is 42.5 Å². The van der Waals surface area contributed by atoms with Crippen LogP contribution in [0.15, 0.2) is 75.0 Å². The molecule has 0 N–H and O–H groups in total. The lowest BCUT2D eigenvalue weighted by molar-refractivity contribution is 0.304. The topological polar surface area (TPSA) is 56.5 Å². The van der Waals surface area contributed by atoms with Crippen LogP contribution in [0.4, 0.5) is 0 Å². The average molecular weight is 656 g/mol. The number of ether oxygens (including phenoxy) is 1. The molecule has 1 aromatic heterocycles. The van der Waals surface area contributed by atoms with Crippen LogP contribution >= 0.6 is 38.5 Å². The van der Waals surface area contributed by atoms with Crippen LogP contribution in [0, 0.1) is 10.5 Å². The van der Waals surface area contributed by atoms with Crippen molar-refractivity contribution in [1.82, 2.24) is 9.66 Å². The fraction of sp³-hybridized carbons (Fsp3) is 0.276. The molecule has 1 aliphatic carbocycles. The number of hydrogen-bond donors (Lipinski definition) is 0. The van der Waals surface area contributed by atoms with Crippen molar-refractivity contribution in [3.63, 3.8) is 0 Å². The van der Waals surface area contributed by atoms with Crippen LogP contribution in [-0.4, -0.2) is 15.9 Å². The zero-order chi connectivity index (χ0) is 25.1. The number of nitrogens with zero attached hydrogens (tertiary/aromatic N) is 3. The van der Waals surface area contributed by atoms with E-state index in [2.05, 4.69) is 68.7 Å². The van der Waals surface area contributed by atoms with E-state index in [4.69, 9.17) is 9.72 Å². The number of halogens is 2. The largest absolute Gasteiger partial charge is 0.488 e. The Bertz CT molecular complexity index is 1490. The Morgan fingerprint density at radius 2 is 1.94 bits per heavy atom. The van der Waals surface area contributed by atoms with E-state index in [1.54, 1.807) is 6.21 Å². The standard InChI is InChI=1S/C29H27BrIN3O2/c1-19-6-5-7-21(14-19)18-36-27-13-10-20(15-25(27)31)17-32-34-28(22-8-3-2-4-9-22)33-26-12-11-23(30)16-24(26)29(34)35/h5-7,10-17,22H,2-4,8-9,18H2,1H3. The molecule has 184 valence electrons. The van der Waals surface area contributed by atoms with Gasteiger partial charge >= 0.3 is 0 Å². The van der Waals surface area contributed by atoms with Crippen molar-refractivity contribution in [2.24, 2.45) is 5.10 Å². The predicted molar refractivity (Wildman–Crippen MR) is 157 cm³/mol. The van der Waals surface area contributed by atoms with Crippen LogP contribution in [0.1, 0.15) is 60.5 Å². The summed E-state index contributed by atoms with van der Waals surface area (Å²) in [6.07, 6.45) is 7.37. The first kappa shape index (κ1) is 25.1. The minimum atomic E-state index is -0.133. The van der Waals surface area contributed by atoms with Crippen LogP contribution in [0.25, 0.3) is 10.9 Å². The second-order valence-electron chi connectivity index (χ2n) is 9.30. The molecule has 0 radical (unpaired) electrons. The molecule has 36 heavy (non-hydrogen) atoms. The van der Waals surface area contributed by atoms with Gasteiger partial charge in [-0.05, 0) is 89.9 Å². The maximum Gasteiger partial charge on any atom is 0.282 e. The Morgan fingerprint density at radius 3 is 2.72 bits per heavy atom. The smallest absolute Gasteiger partial charge is 0.282 e. The summed E-state index contributed by atoms with van der Waals surface area (Å²) in [7, 11) is 0. The molecule has 5 rings (SSSR count). The fourth-order valence-electron chi connectivity index (χ4n) is 4.70. The van der Waals surface area contributed by atoms with Gasteiger partial charge in [0.1, 0.15) is 18.2 Å². The summed E-state index contributed by atoms with van der Waals surface area (Å²) >= 11 is 5.76. The third kappa shape index (κ3) is 5.72. The molecule has 0 saturated heterocycles. The molecule has 0 bridgehead atoms. The van der Waals surface area contributed by atoms with Gasteiger partial charge in [0, 0.05) is 10.4 Å². The third-order valence-corrected chi connectivity index (χ3v) is 7.90. The molecule has 1 fully saturated rings. The second kappa shape index (κ2) is 11.3. The minimum Gasteiger partial charge on any atom is -0.488 e. The summed E-state index contributed by atoms with van der Waals surface area (Å²) in [6, 6.07) is 19.9. The van der Waals surface area contributed by atoms with E-state index < -0.39 is 0 Å². The fourth-order valence-corrected chi connectivity index (χ4v) is 5.76. The summed E-state index contributed by atoms with van der Waals surface area (Å²) in [5.41, 5.74) is 3.85. The molecule has 3 aromatic carbocycles. The summed E-state index contributed by atoms with van der Waals surface area (Å²) in [4.78, 5) is 18.4. The number of benzene rings is 3. The van der Waals surface area contributed by atoms with Crippen LogP contribution in [0.5, 0.6) is 5.75 Å². The van der Waals surface area contributed by atoms with Crippen molar-refractivity contribution in [1.29, 1.82) is 0 Å². The molecule has 0 aliphatic heterocycles. The molecule has 0 atom stereocenters. The molecule has 5 nitrogen and oxygen atoms in total. The monoisotopic (exact) mass is 655 g/mol. The first-order valence-electron chi connectivity index (χ1n) is 12.2. The zero-order valence-electron chi connectivity index (χ0n) is 20.1. The van der Waals surface area contributed by atoms with Gasteiger partial charge in [0.05, 0.1) is 20.7 Å². The Balaban J connectivity index is 1.44. The molecular formula is C29H27BrIN3O2. The lowest BCUT2D eigenvalue weighted by Crippen LogP contribution is -2.25. The number of aryl methyl sites for hydroxylation is 1. The number of fused-ring (bicyclic) bond motifs is 1. The third-order valence-electron chi connectivity index (χ3n) is 6.56. The van der Waals surface area contributed by atoms with E-state index >= 15 is 0 Å². The van der Waals surface area contributed by atoms with Crippen molar-refractivity contribution in [2.75, 3.05) is 0 Å². The van der Waals surface area contributed by atoms with Gasteiger partial charge in [0.15, 0.2) is 0 Å². The van der Waals surface area contributed by atoms with E-state index in [0.29, 0.717) is 12.0 Å². The van der Waals surface area contributed by atoms with Gasteiger partial charge in [-0.15, -0.1) is 0 Å². The van der Waals surface area contributed by atoms with E-state index in [9.17, 15) is 4.79 Å². The lowest BCUT2D eigenvalue weighted by atomic mass is 9.88. The average Bonchev–Trinajstić information content (AvgIpc) is 2.88. The van der Waals surface area contributed by atoms with Crippen LogP contribution < -0.4 is 10.3 Å². The van der Waals surface area contributed by atoms with E-state index in [0.717, 1.165) is 61.9 Å². The number of hydrogen-bond acceptors (Lipinski definition) is 4. The van der Waals surface area contributed by atoms with Crippen molar-refractivity contribution in [2.45, 2.75) is 51.6 Å². The Morgan fingerprint density at radius 1 is 1.11 bits per heavy atom. The molecule has 1 saturated carbocycles. The summed E-state index contributed by atoms with van der Waals surface area (Å²) < 4.78 is 9.41. The first-order chi connectivity index (χ1) is 17.5. The highest BCUT2D eigenvalue weighted by Crippen LogP contribution is 2.32. The highest BCUT2D eigenvalue weighted by Gasteiger charge is 2.22. The summed E-state index contributed by atoms with van der Waals surface area (Å²) in [5.74, 6) is 1.83. The molecule has 4 aromatic rings. The number of aromatic nitrogens is 2. The minimum absolute atomic E-state index is 0.133. The normalized spacial score (nSPS) is 14.5. The highest BCUT2D eigenvalue weighted by molar-refractivity contribution is 14.1. The lowest BCUT2D eigenvalue weighted by Gasteiger charge is -2.22. The molecular weight excluding hydrogens is 629 g/mol. The van der Waals surface area contributed by atoms with Gasteiger partial charge in [0.25, 0.3) is 5.56 Å². The molecule has 1 aliphatic rings. The van der Waals surface area contributed by atoms with Gasteiger partial charge in [-0.3, -0.25) is 4.79 Å². The van der Waals surface area contributed by atoms with Gasteiger partial charge in [-0.1, -0.05) is 65.0 Å². The summed E-state index contributed by atoms with van der Waals surface area (Å²) in [6.45, 7) is 2.60.